The van der Waals surface area contributed by atoms with Gasteiger partial charge in [-0.3, -0.25) is 0 Å². The van der Waals surface area contributed by atoms with E-state index in [9.17, 15) is 4.39 Å². The first-order chi connectivity index (χ1) is 6.74. The van der Waals surface area contributed by atoms with Crippen LogP contribution in [0.1, 0.15) is 12.5 Å². The molecule has 1 aromatic rings. The molecule has 78 valence electrons. The van der Waals surface area contributed by atoms with Crippen molar-refractivity contribution in [1.29, 1.82) is 0 Å². The molecule has 2 nitrogen and oxygen atoms in total. The van der Waals surface area contributed by atoms with E-state index < -0.39 is 0 Å². The number of hydrogen-bond donors (Lipinski definition) is 0. The summed E-state index contributed by atoms with van der Waals surface area (Å²) in [5, 5.41) is 0. The third kappa shape index (κ3) is 3.74. The van der Waals surface area contributed by atoms with Crippen LogP contribution >= 0.6 is 15.9 Å². The van der Waals surface area contributed by atoms with Crippen LogP contribution in [0.2, 0.25) is 0 Å². The van der Waals surface area contributed by atoms with Gasteiger partial charge in [0.2, 0.25) is 0 Å². The van der Waals surface area contributed by atoms with Gasteiger partial charge in [-0.2, -0.15) is 0 Å². The summed E-state index contributed by atoms with van der Waals surface area (Å²) in [5.74, 6) is -0.260. The average Bonchev–Trinajstić information content (AvgIpc) is 2.18. The highest BCUT2D eigenvalue weighted by Crippen LogP contribution is 2.16. The first-order valence-corrected chi connectivity index (χ1v) is 5.12. The third-order valence-electron chi connectivity index (χ3n) is 1.64. The van der Waals surface area contributed by atoms with Crippen molar-refractivity contribution in [3.8, 4) is 0 Å². The normalized spacial score (nSPS) is 10.5. The molecule has 0 saturated carbocycles. The van der Waals surface area contributed by atoms with E-state index >= 15 is 0 Å². The summed E-state index contributed by atoms with van der Waals surface area (Å²) in [6, 6.07) is 4.76. The second kappa shape index (κ2) is 6.11. The zero-order valence-corrected chi connectivity index (χ0v) is 9.51. The van der Waals surface area contributed by atoms with Crippen LogP contribution in [0, 0.1) is 5.82 Å². The van der Waals surface area contributed by atoms with Gasteiger partial charge >= 0.3 is 0 Å². The summed E-state index contributed by atoms with van der Waals surface area (Å²) < 4.78 is 24.1. The lowest BCUT2D eigenvalue weighted by Crippen LogP contribution is -2.01. The standard InChI is InChI=1S/C10H12BrFO2/c1-2-13-7-14-6-8-5-9(11)3-4-10(8)12/h3-5H,2,6-7H2,1H3. The lowest BCUT2D eigenvalue weighted by atomic mass is 10.2. The summed E-state index contributed by atoms with van der Waals surface area (Å²) >= 11 is 3.27. The zero-order chi connectivity index (χ0) is 10.4. The zero-order valence-electron chi connectivity index (χ0n) is 7.93. The second-order valence-corrected chi connectivity index (χ2v) is 3.61. The van der Waals surface area contributed by atoms with Gasteiger partial charge in [0.05, 0.1) is 6.61 Å². The van der Waals surface area contributed by atoms with E-state index in [1.165, 1.54) is 6.07 Å². The molecule has 0 aliphatic carbocycles. The van der Waals surface area contributed by atoms with Gasteiger partial charge in [-0.15, -0.1) is 0 Å². The fourth-order valence-corrected chi connectivity index (χ4v) is 1.36. The maximum absolute atomic E-state index is 13.1. The molecular weight excluding hydrogens is 251 g/mol. The van der Waals surface area contributed by atoms with Gasteiger partial charge in [0, 0.05) is 16.6 Å². The molecule has 0 fully saturated rings. The van der Waals surface area contributed by atoms with E-state index in [0.29, 0.717) is 12.2 Å². The summed E-state index contributed by atoms with van der Waals surface area (Å²) in [7, 11) is 0. The highest BCUT2D eigenvalue weighted by molar-refractivity contribution is 9.10. The van der Waals surface area contributed by atoms with E-state index in [1.807, 2.05) is 6.92 Å². The molecule has 0 aliphatic heterocycles. The minimum atomic E-state index is -0.260. The molecular formula is C10H12BrFO2. The summed E-state index contributed by atoms with van der Waals surface area (Å²) in [6.45, 7) is 2.90. The maximum Gasteiger partial charge on any atom is 0.147 e. The SMILES string of the molecule is CCOCOCc1cc(Br)ccc1F. The van der Waals surface area contributed by atoms with Crippen LogP contribution in [0.25, 0.3) is 0 Å². The Hall–Kier alpha value is -0.450. The van der Waals surface area contributed by atoms with Crippen LogP contribution < -0.4 is 0 Å². The second-order valence-electron chi connectivity index (χ2n) is 2.69. The lowest BCUT2D eigenvalue weighted by molar-refractivity contribution is -0.0578. The molecule has 0 radical (unpaired) electrons. The van der Waals surface area contributed by atoms with Gasteiger partial charge in [-0.1, -0.05) is 15.9 Å². The predicted molar refractivity (Wildman–Crippen MR) is 55.4 cm³/mol. The van der Waals surface area contributed by atoms with E-state index in [4.69, 9.17) is 9.47 Å². The molecule has 0 N–H and O–H groups in total. The average molecular weight is 263 g/mol. The van der Waals surface area contributed by atoms with E-state index in [0.717, 1.165) is 4.47 Å². The molecule has 0 unspecified atom stereocenters. The van der Waals surface area contributed by atoms with Gasteiger partial charge in [0.15, 0.2) is 0 Å². The number of hydrogen-bond acceptors (Lipinski definition) is 2. The number of halogens is 2. The minimum absolute atomic E-state index is 0.197. The Morgan fingerprint density at radius 1 is 1.36 bits per heavy atom. The third-order valence-corrected chi connectivity index (χ3v) is 2.13. The van der Waals surface area contributed by atoms with Crippen molar-refractivity contribution in [2.75, 3.05) is 13.4 Å². The molecule has 4 heteroatoms. The quantitative estimate of drug-likeness (QED) is 0.600. The number of rotatable bonds is 5. The van der Waals surface area contributed by atoms with Crippen LogP contribution in [-0.2, 0) is 16.1 Å². The van der Waals surface area contributed by atoms with Crippen LogP contribution in [0.5, 0.6) is 0 Å². The van der Waals surface area contributed by atoms with Crippen molar-refractivity contribution in [3.63, 3.8) is 0 Å². The lowest BCUT2D eigenvalue weighted by Gasteiger charge is -2.05. The Balaban J connectivity index is 2.45. The van der Waals surface area contributed by atoms with Gasteiger partial charge in [-0.05, 0) is 25.1 Å². The van der Waals surface area contributed by atoms with E-state index in [2.05, 4.69) is 15.9 Å². The summed E-state index contributed by atoms with van der Waals surface area (Å²) in [6.07, 6.45) is 0. The molecule has 0 spiro atoms. The summed E-state index contributed by atoms with van der Waals surface area (Å²) in [4.78, 5) is 0. The maximum atomic E-state index is 13.1. The first kappa shape index (κ1) is 11.6. The molecule has 14 heavy (non-hydrogen) atoms. The highest BCUT2D eigenvalue weighted by atomic mass is 79.9. The summed E-state index contributed by atoms with van der Waals surface area (Å²) in [5.41, 5.74) is 0.527. The molecule has 0 amide bonds. The van der Waals surface area contributed by atoms with Gasteiger partial charge in [0.1, 0.15) is 12.6 Å². The van der Waals surface area contributed by atoms with E-state index in [-0.39, 0.29) is 19.2 Å². The number of benzene rings is 1. The fourth-order valence-electron chi connectivity index (χ4n) is 0.948. The van der Waals surface area contributed by atoms with Crippen LogP contribution in [0.15, 0.2) is 22.7 Å². The smallest absolute Gasteiger partial charge is 0.147 e. The fraction of sp³-hybridized carbons (Fsp3) is 0.400. The van der Waals surface area contributed by atoms with Crippen molar-refractivity contribution in [3.05, 3.63) is 34.1 Å². The van der Waals surface area contributed by atoms with Crippen molar-refractivity contribution < 1.29 is 13.9 Å². The van der Waals surface area contributed by atoms with Crippen molar-refractivity contribution in [2.45, 2.75) is 13.5 Å². The van der Waals surface area contributed by atoms with Gasteiger partial charge in [0.25, 0.3) is 0 Å². The molecule has 0 atom stereocenters. The molecule has 0 saturated heterocycles. The van der Waals surface area contributed by atoms with Crippen molar-refractivity contribution >= 4 is 15.9 Å². The topological polar surface area (TPSA) is 18.5 Å². The predicted octanol–water partition coefficient (Wildman–Crippen LogP) is 3.10. The first-order valence-electron chi connectivity index (χ1n) is 4.33. The number of ether oxygens (including phenoxy) is 2. The minimum Gasteiger partial charge on any atom is -0.356 e. The van der Waals surface area contributed by atoms with E-state index in [1.54, 1.807) is 12.1 Å². The van der Waals surface area contributed by atoms with Crippen molar-refractivity contribution in [2.24, 2.45) is 0 Å². The van der Waals surface area contributed by atoms with Crippen LogP contribution in [-0.4, -0.2) is 13.4 Å². The molecule has 1 rings (SSSR count). The Morgan fingerprint density at radius 3 is 2.86 bits per heavy atom. The molecule has 0 heterocycles. The Morgan fingerprint density at radius 2 is 2.14 bits per heavy atom. The molecule has 1 aromatic carbocycles. The van der Waals surface area contributed by atoms with Crippen molar-refractivity contribution in [1.82, 2.24) is 0 Å². The Labute approximate surface area is 91.2 Å². The molecule has 0 aromatic heterocycles. The largest absolute Gasteiger partial charge is 0.356 e. The van der Waals surface area contributed by atoms with Crippen LogP contribution in [0.4, 0.5) is 4.39 Å². The Kier molecular flexibility index (Phi) is 5.07. The van der Waals surface area contributed by atoms with Gasteiger partial charge < -0.3 is 9.47 Å². The monoisotopic (exact) mass is 262 g/mol. The highest BCUT2D eigenvalue weighted by Gasteiger charge is 2.02. The Bertz CT molecular complexity index is 291. The molecule has 0 aliphatic rings. The van der Waals surface area contributed by atoms with Gasteiger partial charge in [-0.25, -0.2) is 4.39 Å². The molecule has 0 bridgehead atoms. The van der Waals surface area contributed by atoms with Crippen LogP contribution in [0.3, 0.4) is 0 Å².